The molecule has 0 saturated carbocycles. The maximum absolute atomic E-state index is 8.57. The van der Waals surface area contributed by atoms with Crippen LogP contribution >= 0.6 is 0 Å². The molecule has 3 heteroatoms. The molecule has 0 saturated heterocycles. The van der Waals surface area contributed by atoms with Gasteiger partial charge in [0.15, 0.2) is 5.58 Å². The van der Waals surface area contributed by atoms with Gasteiger partial charge in [-0.05, 0) is 11.6 Å². The maximum Gasteiger partial charge on any atom is 0.206 e. The van der Waals surface area contributed by atoms with Gasteiger partial charge in [-0.2, -0.15) is 5.26 Å². The molecule has 2 aromatic rings. The first-order chi connectivity index (χ1) is 6.33. The molecule has 0 spiro atoms. The van der Waals surface area contributed by atoms with Crippen LogP contribution < -0.4 is 0 Å². The molecule has 3 nitrogen and oxygen atoms in total. The lowest BCUT2D eigenvalue weighted by molar-refractivity contribution is 0.599. The van der Waals surface area contributed by atoms with Gasteiger partial charge in [-0.1, -0.05) is 12.7 Å². The highest BCUT2D eigenvalue weighted by molar-refractivity contribution is 5.76. The highest BCUT2D eigenvalue weighted by Gasteiger charge is 2.03. The van der Waals surface area contributed by atoms with E-state index in [0.29, 0.717) is 11.1 Å². The van der Waals surface area contributed by atoms with E-state index < -0.39 is 0 Å². The zero-order valence-corrected chi connectivity index (χ0v) is 6.82. The predicted molar refractivity (Wildman–Crippen MR) is 48.8 cm³/mol. The average molecular weight is 170 g/mol. The minimum atomic E-state index is 0.281. The van der Waals surface area contributed by atoms with E-state index in [0.717, 1.165) is 5.56 Å². The molecule has 2 aromatic heterocycles. The molecule has 13 heavy (non-hydrogen) atoms. The fourth-order valence-corrected chi connectivity index (χ4v) is 1.10. The topological polar surface area (TPSA) is 49.8 Å². The summed E-state index contributed by atoms with van der Waals surface area (Å²) in [6.07, 6.45) is 3.37. The molecule has 0 fully saturated rings. The predicted octanol–water partition coefficient (Wildman–Crippen LogP) is 2.34. The molecular formula is C10H6N2O. The van der Waals surface area contributed by atoms with E-state index in [1.807, 2.05) is 6.07 Å². The Hall–Kier alpha value is -2.08. The molecule has 0 aliphatic heterocycles. The van der Waals surface area contributed by atoms with Crippen LogP contribution in [0.25, 0.3) is 17.2 Å². The van der Waals surface area contributed by atoms with Crippen molar-refractivity contribution < 1.29 is 4.42 Å². The summed E-state index contributed by atoms with van der Waals surface area (Å²) < 4.78 is 5.19. The number of nitrogens with zero attached hydrogens (tertiary/aromatic N) is 2. The van der Waals surface area contributed by atoms with E-state index in [1.165, 1.54) is 0 Å². The quantitative estimate of drug-likeness (QED) is 0.660. The molecule has 0 aromatic carbocycles. The van der Waals surface area contributed by atoms with E-state index in [2.05, 4.69) is 11.6 Å². The third kappa shape index (κ3) is 1.18. The van der Waals surface area contributed by atoms with Gasteiger partial charge in [-0.15, -0.1) is 0 Å². The summed E-state index contributed by atoms with van der Waals surface area (Å²) in [4.78, 5) is 4.10. The lowest BCUT2D eigenvalue weighted by Gasteiger charge is -1.89. The molecule has 0 amide bonds. The number of hydrogen-bond donors (Lipinski definition) is 0. The number of hydrogen-bond acceptors (Lipinski definition) is 3. The summed E-state index contributed by atoms with van der Waals surface area (Å²) in [5.74, 6) is 0.281. The van der Waals surface area contributed by atoms with Gasteiger partial charge < -0.3 is 4.42 Å². The monoisotopic (exact) mass is 170 g/mol. The lowest BCUT2D eigenvalue weighted by Crippen LogP contribution is -1.74. The molecule has 0 aliphatic rings. The van der Waals surface area contributed by atoms with Crippen molar-refractivity contribution in [2.75, 3.05) is 0 Å². The molecule has 0 bridgehead atoms. The molecule has 62 valence electrons. The zero-order valence-electron chi connectivity index (χ0n) is 6.82. The molecule has 2 rings (SSSR count). The Morgan fingerprint density at radius 3 is 3.08 bits per heavy atom. The third-order valence-corrected chi connectivity index (χ3v) is 1.74. The van der Waals surface area contributed by atoms with E-state index in [1.54, 1.807) is 24.4 Å². The van der Waals surface area contributed by atoms with Crippen molar-refractivity contribution in [3.8, 4) is 6.07 Å². The van der Waals surface area contributed by atoms with Gasteiger partial charge in [0.05, 0.1) is 0 Å². The van der Waals surface area contributed by atoms with Gasteiger partial charge in [0, 0.05) is 12.3 Å². The number of rotatable bonds is 1. The van der Waals surface area contributed by atoms with Crippen molar-refractivity contribution in [1.29, 1.82) is 5.26 Å². The Morgan fingerprint density at radius 2 is 2.38 bits per heavy atom. The molecule has 0 atom stereocenters. The van der Waals surface area contributed by atoms with Crippen molar-refractivity contribution in [3.63, 3.8) is 0 Å². The largest absolute Gasteiger partial charge is 0.444 e. The molecule has 0 N–H and O–H groups in total. The second-order valence-electron chi connectivity index (χ2n) is 2.58. The Labute approximate surface area is 74.9 Å². The van der Waals surface area contributed by atoms with Gasteiger partial charge in [-0.25, -0.2) is 0 Å². The summed E-state index contributed by atoms with van der Waals surface area (Å²) in [6.45, 7) is 3.62. The van der Waals surface area contributed by atoms with Crippen LogP contribution in [0, 0.1) is 11.3 Å². The highest BCUT2D eigenvalue weighted by Crippen LogP contribution is 2.17. The second-order valence-corrected chi connectivity index (χ2v) is 2.58. The first-order valence-electron chi connectivity index (χ1n) is 3.75. The van der Waals surface area contributed by atoms with Crippen LogP contribution in [0.5, 0.6) is 0 Å². The first kappa shape index (κ1) is 7.56. The standard InChI is InChI=1S/C10H6N2O/c1-2-7-3-10-9(12-6-7)4-8(5-11)13-10/h2-4,6H,1H2. The van der Waals surface area contributed by atoms with E-state index in [4.69, 9.17) is 9.68 Å². The van der Waals surface area contributed by atoms with Crippen LogP contribution in [0.1, 0.15) is 11.3 Å². The Bertz CT molecular complexity index is 505. The molecule has 2 heterocycles. The summed E-state index contributed by atoms with van der Waals surface area (Å²) in [5, 5.41) is 8.57. The number of nitriles is 1. The van der Waals surface area contributed by atoms with Crippen LogP contribution in [0.15, 0.2) is 29.3 Å². The highest BCUT2D eigenvalue weighted by atomic mass is 16.3. The fraction of sp³-hybridized carbons (Fsp3) is 0. The number of fused-ring (bicyclic) bond motifs is 1. The third-order valence-electron chi connectivity index (χ3n) is 1.74. The van der Waals surface area contributed by atoms with Crippen molar-refractivity contribution in [2.45, 2.75) is 0 Å². The SMILES string of the molecule is C=Cc1cnc2cc(C#N)oc2c1. The van der Waals surface area contributed by atoms with Crippen LogP contribution in [0.3, 0.4) is 0 Å². The minimum absolute atomic E-state index is 0.281. The van der Waals surface area contributed by atoms with Crippen molar-refractivity contribution in [1.82, 2.24) is 4.98 Å². The summed E-state index contributed by atoms with van der Waals surface area (Å²) in [5.41, 5.74) is 2.20. The molecule has 0 aliphatic carbocycles. The van der Waals surface area contributed by atoms with E-state index in [9.17, 15) is 0 Å². The van der Waals surface area contributed by atoms with Gasteiger partial charge in [-0.3, -0.25) is 4.98 Å². The smallest absolute Gasteiger partial charge is 0.206 e. The van der Waals surface area contributed by atoms with Crippen LogP contribution in [-0.4, -0.2) is 4.98 Å². The molecular weight excluding hydrogens is 164 g/mol. The van der Waals surface area contributed by atoms with Crippen LogP contribution in [0.2, 0.25) is 0 Å². The molecule has 0 unspecified atom stereocenters. The molecule has 0 radical (unpaired) electrons. The van der Waals surface area contributed by atoms with Crippen molar-refractivity contribution in [2.24, 2.45) is 0 Å². The fourth-order valence-electron chi connectivity index (χ4n) is 1.10. The second kappa shape index (κ2) is 2.76. The Kier molecular flexibility index (Phi) is 1.60. The summed E-state index contributed by atoms with van der Waals surface area (Å²) >= 11 is 0. The van der Waals surface area contributed by atoms with Gasteiger partial charge in [0.25, 0.3) is 0 Å². The number of pyridine rings is 1. The Morgan fingerprint density at radius 1 is 1.54 bits per heavy atom. The Balaban J connectivity index is 2.72. The number of aromatic nitrogens is 1. The normalized spacial score (nSPS) is 9.77. The lowest BCUT2D eigenvalue weighted by atomic mass is 10.2. The first-order valence-corrected chi connectivity index (χ1v) is 3.75. The number of furan rings is 1. The van der Waals surface area contributed by atoms with Crippen molar-refractivity contribution >= 4 is 17.2 Å². The maximum atomic E-state index is 8.57. The van der Waals surface area contributed by atoms with Crippen molar-refractivity contribution in [3.05, 3.63) is 36.2 Å². The zero-order chi connectivity index (χ0) is 9.26. The summed E-state index contributed by atoms with van der Waals surface area (Å²) in [7, 11) is 0. The van der Waals surface area contributed by atoms with Crippen LogP contribution in [0.4, 0.5) is 0 Å². The van der Waals surface area contributed by atoms with E-state index in [-0.39, 0.29) is 5.76 Å². The van der Waals surface area contributed by atoms with E-state index >= 15 is 0 Å². The van der Waals surface area contributed by atoms with Gasteiger partial charge in [0.2, 0.25) is 5.76 Å². The average Bonchev–Trinajstić information content (AvgIpc) is 2.58. The van der Waals surface area contributed by atoms with Gasteiger partial charge in [0.1, 0.15) is 11.6 Å². The van der Waals surface area contributed by atoms with Gasteiger partial charge >= 0.3 is 0 Å². The van der Waals surface area contributed by atoms with Crippen LogP contribution in [-0.2, 0) is 0 Å². The minimum Gasteiger partial charge on any atom is -0.444 e. The summed E-state index contributed by atoms with van der Waals surface area (Å²) in [6, 6.07) is 5.34.